The van der Waals surface area contributed by atoms with Crippen molar-refractivity contribution in [1.82, 2.24) is 10.2 Å². The maximum atomic E-state index is 12.8. The highest BCUT2D eigenvalue weighted by Crippen LogP contribution is 2.32. The number of nitrogens with zero attached hydrogens (tertiary/aromatic N) is 1. The first-order valence-corrected chi connectivity index (χ1v) is 10.6. The summed E-state index contributed by atoms with van der Waals surface area (Å²) in [6.45, 7) is 5.87. The molecular weight excluding hydrogens is 388 g/mol. The second-order valence-electron chi connectivity index (χ2n) is 7.81. The van der Waals surface area contributed by atoms with Crippen LogP contribution in [0.2, 0.25) is 5.02 Å². The summed E-state index contributed by atoms with van der Waals surface area (Å²) in [5, 5.41) is 3.94. The molecule has 29 heavy (non-hydrogen) atoms. The molecule has 0 spiro atoms. The van der Waals surface area contributed by atoms with Crippen molar-refractivity contribution >= 4 is 17.5 Å². The van der Waals surface area contributed by atoms with E-state index in [1.165, 1.54) is 5.56 Å². The van der Waals surface area contributed by atoms with E-state index in [0.29, 0.717) is 13.2 Å². The van der Waals surface area contributed by atoms with Crippen LogP contribution in [0.25, 0.3) is 0 Å². The number of piperidine rings is 1. The average Bonchev–Trinajstić information content (AvgIpc) is 2.74. The van der Waals surface area contributed by atoms with Crippen molar-refractivity contribution in [2.75, 3.05) is 26.3 Å². The Morgan fingerprint density at radius 1 is 1.14 bits per heavy atom. The molecule has 2 aliphatic rings. The van der Waals surface area contributed by atoms with Gasteiger partial charge in [0.2, 0.25) is 5.91 Å². The van der Waals surface area contributed by atoms with Gasteiger partial charge in [0.1, 0.15) is 13.2 Å². The molecule has 0 unspecified atom stereocenters. The van der Waals surface area contributed by atoms with Gasteiger partial charge in [0.25, 0.3) is 0 Å². The maximum absolute atomic E-state index is 12.8. The molecule has 2 aromatic carbocycles. The SMILES string of the molecule is C[C@@H](NC(=O)C1CCN(Cc2cccc(Cl)c2)CC1)c1ccc2c(c1)OCCO2. The summed E-state index contributed by atoms with van der Waals surface area (Å²) in [4.78, 5) is 15.2. The van der Waals surface area contributed by atoms with E-state index >= 15 is 0 Å². The maximum Gasteiger partial charge on any atom is 0.223 e. The van der Waals surface area contributed by atoms with E-state index in [9.17, 15) is 4.79 Å². The molecule has 0 bridgehead atoms. The minimum absolute atomic E-state index is 0.0604. The van der Waals surface area contributed by atoms with Crippen LogP contribution in [-0.4, -0.2) is 37.1 Å². The second-order valence-corrected chi connectivity index (χ2v) is 8.25. The van der Waals surface area contributed by atoms with Gasteiger partial charge in [-0.1, -0.05) is 29.8 Å². The molecule has 1 N–H and O–H groups in total. The fraction of sp³-hybridized carbons (Fsp3) is 0.435. The minimum Gasteiger partial charge on any atom is -0.486 e. The number of hydrogen-bond acceptors (Lipinski definition) is 4. The first-order chi connectivity index (χ1) is 14.1. The molecule has 1 fully saturated rings. The van der Waals surface area contributed by atoms with E-state index in [0.717, 1.165) is 54.6 Å². The van der Waals surface area contributed by atoms with Crippen molar-refractivity contribution in [3.63, 3.8) is 0 Å². The lowest BCUT2D eigenvalue weighted by Gasteiger charge is -2.32. The third-order valence-electron chi connectivity index (χ3n) is 5.68. The van der Waals surface area contributed by atoms with Gasteiger partial charge < -0.3 is 14.8 Å². The van der Waals surface area contributed by atoms with Crippen LogP contribution in [0.4, 0.5) is 0 Å². The van der Waals surface area contributed by atoms with Crippen LogP contribution in [0.1, 0.15) is 36.9 Å². The van der Waals surface area contributed by atoms with Crippen LogP contribution in [-0.2, 0) is 11.3 Å². The lowest BCUT2D eigenvalue weighted by Crippen LogP contribution is -2.40. The quantitative estimate of drug-likeness (QED) is 0.796. The molecule has 2 aromatic rings. The molecule has 0 aromatic heterocycles. The number of nitrogens with one attached hydrogen (secondary N) is 1. The van der Waals surface area contributed by atoms with Gasteiger partial charge in [0, 0.05) is 17.5 Å². The summed E-state index contributed by atoms with van der Waals surface area (Å²) in [5.41, 5.74) is 2.24. The number of rotatable bonds is 5. The van der Waals surface area contributed by atoms with Crippen LogP contribution in [0.15, 0.2) is 42.5 Å². The Labute approximate surface area is 176 Å². The molecule has 1 saturated heterocycles. The van der Waals surface area contributed by atoms with Crippen LogP contribution in [0.3, 0.4) is 0 Å². The molecule has 5 nitrogen and oxygen atoms in total. The Bertz CT molecular complexity index is 865. The zero-order chi connectivity index (χ0) is 20.2. The zero-order valence-corrected chi connectivity index (χ0v) is 17.5. The second kappa shape index (κ2) is 9.06. The highest BCUT2D eigenvalue weighted by atomic mass is 35.5. The summed E-state index contributed by atoms with van der Waals surface area (Å²) < 4.78 is 11.2. The van der Waals surface area contributed by atoms with Crippen molar-refractivity contribution in [2.45, 2.75) is 32.4 Å². The predicted molar refractivity (Wildman–Crippen MR) is 113 cm³/mol. The predicted octanol–water partition coefficient (Wildman–Crippen LogP) is 4.20. The lowest BCUT2D eigenvalue weighted by atomic mass is 9.94. The highest BCUT2D eigenvalue weighted by Gasteiger charge is 2.26. The molecule has 4 rings (SSSR count). The van der Waals surface area contributed by atoms with Crippen LogP contribution in [0.5, 0.6) is 11.5 Å². The van der Waals surface area contributed by atoms with E-state index in [1.807, 2.05) is 43.3 Å². The van der Waals surface area contributed by atoms with Crippen molar-refractivity contribution < 1.29 is 14.3 Å². The van der Waals surface area contributed by atoms with E-state index < -0.39 is 0 Å². The third kappa shape index (κ3) is 5.03. The molecule has 1 amide bonds. The van der Waals surface area contributed by atoms with Gasteiger partial charge >= 0.3 is 0 Å². The van der Waals surface area contributed by atoms with E-state index in [1.54, 1.807) is 0 Å². The van der Waals surface area contributed by atoms with E-state index in [-0.39, 0.29) is 17.9 Å². The number of benzene rings is 2. The first kappa shape index (κ1) is 20.0. The largest absolute Gasteiger partial charge is 0.486 e. The molecule has 154 valence electrons. The van der Waals surface area contributed by atoms with Gasteiger partial charge in [-0.25, -0.2) is 0 Å². The Morgan fingerprint density at radius 2 is 1.90 bits per heavy atom. The van der Waals surface area contributed by atoms with Gasteiger partial charge in [-0.05, 0) is 68.2 Å². The van der Waals surface area contributed by atoms with E-state index in [4.69, 9.17) is 21.1 Å². The number of carbonyl (C=O) groups is 1. The van der Waals surface area contributed by atoms with Gasteiger partial charge in [-0.15, -0.1) is 0 Å². The fourth-order valence-electron chi connectivity index (χ4n) is 3.99. The van der Waals surface area contributed by atoms with Crippen molar-refractivity contribution in [3.05, 3.63) is 58.6 Å². The lowest BCUT2D eigenvalue weighted by molar-refractivity contribution is -0.127. The number of ether oxygens (including phenoxy) is 2. The van der Waals surface area contributed by atoms with E-state index in [2.05, 4.69) is 16.3 Å². The number of amides is 1. The van der Waals surface area contributed by atoms with Gasteiger partial charge in [-0.2, -0.15) is 0 Å². The summed E-state index contributed by atoms with van der Waals surface area (Å²) in [6, 6.07) is 13.8. The molecule has 6 heteroatoms. The van der Waals surface area contributed by atoms with Crippen LogP contribution < -0.4 is 14.8 Å². The highest BCUT2D eigenvalue weighted by molar-refractivity contribution is 6.30. The molecule has 2 aliphatic heterocycles. The fourth-order valence-corrected chi connectivity index (χ4v) is 4.20. The number of carbonyl (C=O) groups excluding carboxylic acids is 1. The number of fused-ring (bicyclic) bond motifs is 1. The molecule has 0 aliphatic carbocycles. The molecule has 2 heterocycles. The molecular formula is C23H27ClN2O3. The molecule has 0 radical (unpaired) electrons. The first-order valence-electron chi connectivity index (χ1n) is 10.3. The van der Waals surface area contributed by atoms with Crippen LogP contribution in [0, 0.1) is 5.92 Å². The Kier molecular flexibility index (Phi) is 6.26. The average molecular weight is 415 g/mol. The Morgan fingerprint density at radius 3 is 2.66 bits per heavy atom. The van der Waals surface area contributed by atoms with Crippen molar-refractivity contribution in [3.8, 4) is 11.5 Å². The molecule has 1 atom stereocenters. The topological polar surface area (TPSA) is 50.8 Å². The number of likely N-dealkylation sites (tertiary alicyclic amines) is 1. The smallest absolute Gasteiger partial charge is 0.223 e. The summed E-state index contributed by atoms with van der Waals surface area (Å²) in [6.07, 6.45) is 1.75. The third-order valence-corrected chi connectivity index (χ3v) is 5.91. The summed E-state index contributed by atoms with van der Waals surface area (Å²) >= 11 is 6.08. The Hall–Kier alpha value is -2.24. The normalized spacial score (nSPS) is 18.3. The van der Waals surface area contributed by atoms with Gasteiger partial charge in [0.05, 0.1) is 6.04 Å². The monoisotopic (exact) mass is 414 g/mol. The number of hydrogen-bond donors (Lipinski definition) is 1. The minimum atomic E-state index is -0.0668. The van der Waals surface area contributed by atoms with Crippen molar-refractivity contribution in [1.29, 1.82) is 0 Å². The van der Waals surface area contributed by atoms with Crippen molar-refractivity contribution in [2.24, 2.45) is 5.92 Å². The summed E-state index contributed by atoms with van der Waals surface area (Å²) in [7, 11) is 0. The molecule has 0 saturated carbocycles. The zero-order valence-electron chi connectivity index (χ0n) is 16.7. The van der Waals surface area contributed by atoms with Gasteiger partial charge in [-0.3, -0.25) is 9.69 Å². The standard InChI is InChI=1S/C23H27ClN2O3/c1-16(19-5-6-21-22(14-19)29-12-11-28-21)25-23(27)18-7-9-26(10-8-18)15-17-3-2-4-20(24)13-17/h2-6,13-14,16,18H,7-12,15H2,1H3,(H,25,27)/t16-/m1/s1. The Balaban J connectivity index is 1.28. The summed E-state index contributed by atoms with van der Waals surface area (Å²) in [5.74, 6) is 1.72. The van der Waals surface area contributed by atoms with Gasteiger partial charge in [0.15, 0.2) is 11.5 Å². The van der Waals surface area contributed by atoms with Crippen LogP contribution >= 0.6 is 11.6 Å². The number of halogens is 1.